The molecular formula is C28H37F2NO8. The molecule has 1 aromatic rings. The maximum atomic E-state index is 15.2. The van der Waals surface area contributed by atoms with Crippen LogP contribution in [0, 0.1) is 35.4 Å². The SMILES string of the molecule is CC(C)C1CC[C@@H](C)C[C@H]1OC(=O)O[C@@H](C)OC(=O)[C@@]1(N)[C@H]2[C@@H](C[C@H]1OCc1ccc(F)cc1)[C@]2(F)C(=O)O. The van der Waals surface area contributed by atoms with Crippen LogP contribution >= 0.6 is 0 Å². The van der Waals surface area contributed by atoms with E-state index in [1.54, 1.807) is 0 Å². The molecule has 3 saturated carbocycles. The van der Waals surface area contributed by atoms with E-state index < -0.39 is 59.3 Å². The maximum Gasteiger partial charge on any atom is 0.511 e. The van der Waals surface area contributed by atoms with E-state index >= 15 is 4.39 Å². The van der Waals surface area contributed by atoms with Crippen LogP contribution in [0.15, 0.2) is 24.3 Å². The third-order valence-electron chi connectivity index (χ3n) is 8.59. The van der Waals surface area contributed by atoms with Gasteiger partial charge in [0.1, 0.15) is 17.5 Å². The lowest BCUT2D eigenvalue weighted by Crippen LogP contribution is -2.61. The second-order valence-corrected chi connectivity index (χ2v) is 11.6. The number of hydrogen-bond donors (Lipinski definition) is 2. The van der Waals surface area contributed by atoms with E-state index in [0.29, 0.717) is 23.8 Å². The largest absolute Gasteiger partial charge is 0.511 e. The topological polar surface area (TPSA) is 134 Å². The molecule has 3 aliphatic carbocycles. The summed E-state index contributed by atoms with van der Waals surface area (Å²) >= 11 is 0. The summed E-state index contributed by atoms with van der Waals surface area (Å²) in [5, 5.41) is 9.44. The van der Waals surface area contributed by atoms with Gasteiger partial charge in [0.25, 0.3) is 0 Å². The van der Waals surface area contributed by atoms with Crippen molar-refractivity contribution in [2.75, 3.05) is 0 Å². The van der Waals surface area contributed by atoms with Crippen molar-refractivity contribution in [1.82, 2.24) is 0 Å². The summed E-state index contributed by atoms with van der Waals surface area (Å²) in [5.74, 6) is -4.86. The van der Waals surface area contributed by atoms with Crippen molar-refractivity contribution in [2.24, 2.45) is 35.3 Å². The molecule has 0 aliphatic heterocycles. The van der Waals surface area contributed by atoms with Crippen LogP contribution in [0.5, 0.6) is 0 Å². The molecule has 0 bridgehead atoms. The molecule has 0 heterocycles. The van der Waals surface area contributed by atoms with Crippen LogP contribution in [-0.2, 0) is 35.1 Å². The fourth-order valence-electron chi connectivity index (χ4n) is 6.39. The van der Waals surface area contributed by atoms with Crippen molar-refractivity contribution in [1.29, 1.82) is 0 Å². The molecule has 9 nitrogen and oxygen atoms in total. The smallest absolute Gasteiger partial charge is 0.479 e. The minimum atomic E-state index is -2.70. The Labute approximate surface area is 226 Å². The first kappa shape index (κ1) is 29.2. The molecule has 39 heavy (non-hydrogen) atoms. The number of carboxylic acid groups (broad SMARTS) is 1. The lowest BCUT2D eigenvalue weighted by molar-refractivity contribution is -0.184. The van der Waals surface area contributed by atoms with Gasteiger partial charge in [-0.05, 0) is 54.7 Å². The first-order valence-corrected chi connectivity index (χ1v) is 13.4. The fraction of sp³-hybridized carbons (Fsp3) is 0.679. The number of fused-ring (bicyclic) bond motifs is 1. The van der Waals surface area contributed by atoms with E-state index in [1.165, 1.54) is 31.2 Å². The lowest BCUT2D eigenvalue weighted by atomic mass is 9.75. The van der Waals surface area contributed by atoms with E-state index in [4.69, 9.17) is 24.7 Å². The molecule has 0 saturated heterocycles. The average molecular weight is 554 g/mol. The number of rotatable bonds is 9. The fourth-order valence-corrected chi connectivity index (χ4v) is 6.39. The third-order valence-corrected chi connectivity index (χ3v) is 8.59. The van der Waals surface area contributed by atoms with Crippen LogP contribution in [0.25, 0.3) is 0 Å². The number of aliphatic carboxylic acids is 1. The zero-order chi connectivity index (χ0) is 28.7. The molecule has 1 unspecified atom stereocenters. The van der Waals surface area contributed by atoms with Gasteiger partial charge in [0.15, 0.2) is 0 Å². The average Bonchev–Trinajstić information content (AvgIpc) is 3.33. The van der Waals surface area contributed by atoms with Crippen molar-refractivity contribution >= 4 is 18.1 Å². The van der Waals surface area contributed by atoms with E-state index in [0.717, 1.165) is 12.8 Å². The Bertz CT molecular complexity index is 1080. The van der Waals surface area contributed by atoms with E-state index in [1.807, 2.05) is 0 Å². The molecule has 4 rings (SSSR count). The molecule has 3 fully saturated rings. The van der Waals surface area contributed by atoms with Gasteiger partial charge in [0.2, 0.25) is 12.0 Å². The maximum absolute atomic E-state index is 15.2. The summed E-state index contributed by atoms with van der Waals surface area (Å²) in [6.45, 7) is 7.44. The van der Waals surface area contributed by atoms with Crippen molar-refractivity contribution in [2.45, 2.75) is 89.7 Å². The molecule has 216 valence electrons. The summed E-state index contributed by atoms with van der Waals surface area (Å²) in [6, 6.07) is 5.44. The molecule has 0 aromatic heterocycles. The molecular weight excluding hydrogens is 516 g/mol. The van der Waals surface area contributed by atoms with E-state index in [2.05, 4.69) is 20.8 Å². The first-order chi connectivity index (χ1) is 18.3. The van der Waals surface area contributed by atoms with Crippen molar-refractivity contribution in [3.63, 3.8) is 0 Å². The quantitative estimate of drug-likeness (QED) is 0.338. The van der Waals surface area contributed by atoms with E-state index in [9.17, 15) is 23.9 Å². The van der Waals surface area contributed by atoms with Gasteiger partial charge in [-0.1, -0.05) is 39.3 Å². The van der Waals surface area contributed by atoms with Gasteiger partial charge < -0.3 is 29.8 Å². The summed E-state index contributed by atoms with van der Waals surface area (Å²) in [6.07, 6.45) is -1.32. The predicted octanol–water partition coefficient (Wildman–Crippen LogP) is 4.35. The monoisotopic (exact) mass is 553 g/mol. The standard InChI is InChI=1S/C28H37F2NO8/c1-14(2)19-10-5-15(3)11-21(19)39-26(35)38-16(4)37-25(34)28(31)22(12-20-23(28)27(20,30)24(32)33)36-13-17-6-8-18(29)9-7-17/h6-9,14-16,19-23H,5,10-13,31H2,1-4H3,(H,32,33)/t15-,16+,19?,20-,21-,22-,23+,27-,28+/m1/s1. The number of carbonyl (C=O) groups is 3. The summed E-state index contributed by atoms with van der Waals surface area (Å²) in [7, 11) is 0. The summed E-state index contributed by atoms with van der Waals surface area (Å²) in [4.78, 5) is 37.4. The number of halogens is 2. The number of ether oxygens (including phenoxy) is 4. The van der Waals surface area contributed by atoms with Crippen LogP contribution in [-0.4, -0.2) is 52.9 Å². The molecule has 0 radical (unpaired) electrons. The Morgan fingerprint density at radius 3 is 2.38 bits per heavy atom. The minimum Gasteiger partial charge on any atom is -0.479 e. The van der Waals surface area contributed by atoms with Crippen LogP contribution in [0.2, 0.25) is 0 Å². The van der Waals surface area contributed by atoms with Crippen LogP contribution in [0.4, 0.5) is 13.6 Å². The number of esters is 1. The minimum absolute atomic E-state index is 0.0712. The first-order valence-electron chi connectivity index (χ1n) is 13.4. The number of nitrogens with two attached hydrogens (primary N) is 1. The van der Waals surface area contributed by atoms with Gasteiger partial charge in [-0.15, -0.1) is 0 Å². The molecule has 3 aliphatic rings. The number of alkyl halides is 1. The summed E-state index contributed by atoms with van der Waals surface area (Å²) < 4.78 is 50.3. The highest BCUT2D eigenvalue weighted by atomic mass is 19.1. The second-order valence-electron chi connectivity index (χ2n) is 11.6. The predicted molar refractivity (Wildman–Crippen MR) is 133 cm³/mol. The van der Waals surface area contributed by atoms with Gasteiger partial charge in [-0.25, -0.2) is 23.2 Å². The zero-order valence-corrected chi connectivity index (χ0v) is 22.6. The molecule has 0 spiro atoms. The Balaban J connectivity index is 1.41. The molecule has 1 aromatic carbocycles. The second kappa shape index (κ2) is 11.0. The van der Waals surface area contributed by atoms with Gasteiger partial charge in [0, 0.05) is 18.8 Å². The Morgan fingerprint density at radius 1 is 1.10 bits per heavy atom. The zero-order valence-electron chi connectivity index (χ0n) is 22.6. The highest BCUT2D eigenvalue weighted by Crippen LogP contribution is 2.67. The number of carbonyl (C=O) groups excluding carboxylic acids is 2. The van der Waals surface area contributed by atoms with E-state index in [-0.39, 0.29) is 25.0 Å². The van der Waals surface area contributed by atoms with Crippen LogP contribution in [0.3, 0.4) is 0 Å². The van der Waals surface area contributed by atoms with Gasteiger partial charge >= 0.3 is 18.1 Å². The Morgan fingerprint density at radius 2 is 1.77 bits per heavy atom. The number of hydrogen-bond acceptors (Lipinski definition) is 8. The number of carboxylic acids is 1. The van der Waals surface area contributed by atoms with Gasteiger partial charge in [0.05, 0.1) is 12.7 Å². The summed E-state index contributed by atoms with van der Waals surface area (Å²) in [5.41, 5.74) is 2.12. The lowest BCUT2D eigenvalue weighted by Gasteiger charge is -2.36. The highest BCUT2D eigenvalue weighted by molar-refractivity contribution is 5.91. The van der Waals surface area contributed by atoms with Crippen molar-refractivity contribution in [3.05, 3.63) is 35.6 Å². The van der Waals surface area contributed by atoms with Crippen molar-refractivity contribution in [3.8, 4) is 0 Å². The third kappa shape index (κ3) is 5.61. The molecule has 3 N–H and O–H groups in total. The van der Waals surface area contributed by atoms with Crippen LogP contribution < -0.4 is 5.73 Å². The number of benzene rings is 1. The Hall–Kier alpha value is -2.79. The highest BCUT2D eigenvalue weighted by Gasteiger charge is 2.85. The van der Waals surface area contributed by atoms with Crippen LogP contribution in [0.1, 0.15) is 58.9 Å². The van der Waals surface area contributed by atoms with Crippen molar-refractivity contribution < 1.29 is 47.2 Å². The van der Waals surface area contributed by atoms with Gasteiger partial charge in [-0.2, -0.15) is 0 Å². The van der Waals surface area contributed by atoms with Gasteiger partial charge in [-0.3, -0.25) is 0 Å². The Kier molecular flexibility index (Phi) is 8.23. The normalized spacial score (nSPS) is 36.1. The molecule has 0 amide bonds. The molecule has 9 atom stereocenters. The molecule has 11 heteroatoms.